The second kappa shape index (κ2) is 16.9. The van der Waals surface area contributed by atoms with Crippen molar-refractivity contribution in [1.82, 2.24) is 0 Å². The Balaban J connectivity index is 1.30. The molecule has 0 saturated heterocycles. The Bertz CT molecular complexity index is 2420. The van der Waals surface area contributed by atoms with Crippen molar-refractivity contribution in [2.24, 2.45) is 0 Å². The number of allylic oxidation sites excluding steroid dienone is 2. The van der Waals surface area contributed by atoms with Crippen LogP contribution in [0, 0.1) is 0 Å². The first-order valence-corrected chi connectivity index (χ1v) is 27.9. The van der Waals surface area contributed by atoms with Crippen molar-refractivity contribution in [2.75, 3.05) is 0 Å². The first-order chi connectivity index (χ1) is 28.5. The zero-order valence-corrected chi connectivity index (χ0v) is 39.4. The van der Waals surface area contributed by atoms with Gasteiger partial charge in [0.25, 0.3) is 0 Å². The van der Waals surface area contributed by atoms with Crippen LogP contribution in [0.15, 0.2) is 139 Å². The van der Waals surface area contributed by atoms with Gasteiger partial charge in [-0.3, -0.25) is 0 Å². The van der Waals surface area contributed by atoms with Gasteiger partial charge < -0.3 is 0 Å². The van der Waals surface area contributed by atoms with Crippen LogP contribution in [-0.2, 0) is 21.8 Å². The molecular formula is C56H59SiZr. The zero-order chi connectivity index (χ0) is 39.9. The quantitative estimate of drug-likeness (QED) is 0.101. The molecule has 0 bridgehead atoms. The fourth-order valence-electron chi connectivity index (χ4n) is 10.8. The summed E-state index contributed by atoms with van der Waals surface area (Å²) in [5, 5.41) is 3.40. The van der Waals surface area contributed by atoms with Crippen LogP contribution < -0.4 is 13.6 Å². The molecule has 6 aromatic rings. The number of hydrogen-bond donors (Lipinski definition) is 0. The van der Waals surface area contributed by atoms with Crippen molar-refractivity contribution in [3.05, 3.63) is 172 Å². The average Bonchev–Trinajstić information content (AvgIpc) is 3.95. The Kier molecular flexibility index (Phi) is 11.5. The molecule has 0 amide bonds. The Morgan fingerprint density at radius 1 is 0.483 bits per heavy atom. The van der Waals surface area contributed by atoms with E-state index in [1.54, 1.807) is 41.5 Å². The summed E-state index contributed by atoms with van der Waals surface area (Å²) in [6.45, 7) is 14.3. The first-order valence-electron chi connectivity index (χ1n) is 22.4. The first kappa shape index (κ1) is 39.4. The maximum atomic E-state index is 2.71. The van der Waals surface area contributed by atoms with Crippen molar-refractivity contribution in [3.8, 4) is 33.4 Å². The monoisotopic (exact) mass is 849 g/mol. The van der Waals surface area contributed by atoms with E-state index in [0.717, 1.165) is 25.7 Å². The van der Waals surface area contributed by atoms with E-state index in [9.17, 15) is 0 Å². The summed E-state index contributed by atoms with van der Waals surface area (Å²) in [7, 11) is -0.617. The predicted molar refractivity (Wildman–Crippen MR) is 252 cm³/mol. The van der Waals surface area contributed by atoms with Crippen molar-refractivity contribution in [3.63, 3.8) is 0 Å². The van der Waals surface area contributed by atoms with Crippen LogP contribution in [0.1, 0.15) is 133 Å². The van der Waals surface area contributed by atoms with E-state index >= 15 is 0 Å². The van der Waals surface area contributed by atoms with E-state index in [4.69, 9.17) is 0 Å². The number of rotatable bonds is 13. The number of fused-ring (bicyclic) bond motifs is 5. The number of benzene rings is 6. The van der Waals surface area contributed by atoms with Crippen molar-refractivity contribution in [1.29, 1.82) is 0 Å². The molecule has 3 aliphatic rings. The molecule has 4 atom stereocenters. The van der Waals surface area contributed by atoms with Gasteiger partial charge in [0.15, 0.2) is 0 Å². The van der Waals surface area contributed by atoms with Crippen LogP contribution in [0.5, 0.6) is 0 Å². The van der Waals surface area contributed by atoms with Crippen molar-refractivity contribution in [2.45, 2.75) is 99.2 Å². The van der Waals surface area contributed by atoms with E-state index < -0.39 is 31.3 Å². The van der Waals surface area contributed by atoms with E-state index in [2.05, 4.69) is 181 Å². The Labute approximate surface area is 359 Å². The molecule has 9 rings (SSSR count). The summed E-state index contributed by atoms with van der Waals surface area (Å²) in [4.78, 5) is 0. The van der Waals surface area contributed by atoms with E-state index in [1.807, 2.05) is 0 Å². The molecule has 0 radical (unpaired) electrons. The standard InChI is InChI=1S/2C22H25.C12H9Si.Zr/c2*1-4-9-17-14-18-10-8-13-21(22(18)15-17)20-12-7-6-11-19(20)16(3)5-2;1-3-7-11-9(5-1)10-6-2-4-8-12(10)13-11;/h2*6-8,10-16H,4-5,9H2,1-3H3;1-7H,13H2;. The van der Waals surface area contributed by atoms with Crippen LogP contribution in [0.4, 0.5) is 0 Å². The van der Waals surface area contributed by atoms with E-state index in [0.29, 0.717) is 19.1 Å². The molecule has 0 nitrogen and oxygen atoms in total. The summed E-state index contributed by atoms with van der Waals surface area (Å²) in [6.07, 6.45) is 12.4. The maximum absolute atomic E-state index is 2.86. The van der Waals surface area contributed by atoms with Crippen LogP contribution >= 0.6 is 0 Å². The SMILES string of the molecule is CCCC1=Cc2c(-c3ccccc3C(C)CC)cccc2[CH]1[Zr]([c]1cccc2c1[SiH2]c1ccccc1-2)[CH]1C(CCC)=Cc2c(-c3ccccc3C(C)CC)cccc21. The third kappa shape index (κ3) is 6.77. The van der Waals surface area contributed by atoms with Gasteiger partial charge in [0.1, 0.15) is 0 Å². The molecule has 0 N–H and O–H groups in total. The van der Waals surface area contributed by atoms with Crippen LogP contribution in [0.25, 0.3) is 45.5 Å². The van der Waals surface area contributed by atoms with E-state index in [1.165, 1.54) is 62.9 Å². The molecule has 0 fully saturated rings. The van der Waals surface area contributed by atoms with Gasteiger partial charge in [-0.2, -0.15) is 0 Å². The molecule has 1 aliphatic heterocycles. The third-order valence-electron chi connectivity index (χ3n) is 14.0. The summed E-state index contributed by atoms with van der Waals surface area (Å²) in [6, 6.07) is 50.3. The molecule has 0 aromatic heterocycles. The molecule has 291 valence electrons. The van der Waals surface area contributed by atoms with Crippen LogP contribution in [-0.4, -0.2) is 9.52 Å². The van der Waals surface area contributed by atoms with Crippen molar-refractivity contribution < 1.29 is 21.8 Å². The van der Waals surface area contributed by atoms with Gasteiger partial charge in [0.05, 0.1) is 0 Å². The van der Waals surface area contributed by atoms with Gasteiger partial charge in [-0.25, -0.2) is 0 Å². The zero-order valence-electron chi connectivity index (χ0n) is 35.5. The Morgan fingerprint density at radius 2 is 0.931 bits per heavy atom. The molecule has 2 aliphatic carbocycles. The normalized spacial score (nSPS) is 17.6. The summed E-state index contributed by atoms with van der Waals surface area (Å²) in [5.41, 5.74) is 21.4. The number of hydrogen-bond acceptors (Lipinski definition) is 0. The fraction of sp³-hybridized carbons (Fsp3) is 0.286. The Hall–Kier alpha value is -4.10. The molecule has 4 unspecified atom stereocenters. The fourth-order valence-corrected chi connectivity index (χ4v) is 24.8. The molecule has 1 heterocycles. The summed E-state index contributed by atoms with van der Waals surface area (Å²) in [5.74, 6) is 1.04. The van der Waals surface area contributed by atoms with Gasteiger partial charge >= 0.3 is 362 Å². The molecule has 0 saturated carbocycles. The van der Waals surface area contributed by atoms with Crippen LogP contribution in [0.3, 0.4) is 0 Å². The Morgan fingerprint density at radius 3 is 1.45 bits per heavy atom. The van der Waals surface area contributed by atoms with Crippen molar-refractivity contribution >= 4 is 35.3 Å². The average molecular weight is 851 g/mol. The minimum absolute atomic E-state index is 0.490. The third-order valence-corrected chi connectivity index (χ3v) is 26.0. The second-order valence-corrected chi connectivity index (χ2v) is 25.6. The molecule has 0 spiro atoms. The minimum atomic E-state index is -2.86. The molecule has 2 heteroatoms. The molecular weight excluding hydrogens is 792 g/mol. The molecule has 58 heavy (non-hydrogen) atoms. The summed E-state index contributed by atoms with van der Waals surface area (Å²) < 4.78 is 2.78. The predicted octanol–water partition coefficient (Wildman–Crippen LogP) is 13.3. The van der Waals surface area contributed by atoms with Gasteiger partial charge in [0, 0.05) is 0 Å². The topological polar surface area (TPSA) is 0 Å². The van der Waals surface area contributed by atoms with Gasteiger partial charge in [-0.15, -0.1) is 0 Å². The van der Waals surface area contributed by atoms with E-state index in [-0.39, 0.29) is 0 Å². The van der Waals surface area contributed by atoms with Gasteiger partial charge in [0.2, 0.25) is 0 Å². The molecule has 6 aromatic carbocycles. The van der Waals surface area contributed by atoms with Gasteiger partial charge in [-0.1, -0.05) is 0 Å². The van der Waals surface area contributed by atoms with Gasteiger partial charge in [-0.05, 0) is 0 Å². The second-order valence-electron chi connectivity index (χ2n) is 17.3. The van der Waals surface area contributed by atoms with Crippen LogP contribution in [0.2, 0.25) is 0 Å². The summed E-state index contributed by atoms with van der Waals surface area (Å²) >= 11 is -2.86.